The van der Waals surface area contributed by atoms with E-state index in [0.717, 1.165) is 34.9 Å². The Kier molecular flexibility index (Phi) is 6.70. The number of amides is 1. The minimum atomic E-state index is -1.02. The minimum absolute atomic E-state index is 0.185. The van der Waals surface area contributed by atoms with Crippen LogP contribution in [0.3, 0.4) is 0 Å². The number of methoxy groups -OCH3 is 1. The predicted molar refractivity (Wildman–Crippen MR) is 124 cm³/mol. The Balaban J connectivity index is 1.51. The molecule has 3 aromatic rings. The lowest BCUT2D eigenvalue weighted by molar-refractivity contribution is 0.0950. The minimum Gasteiger partial charge on any atom is -0.491 e. The molecule has 0 aliphatic carbocycles. The number of fused-ring (bicyclic) bond motifs is 1. The van der Waals surface area contributed by atoms with Gasteiger partial charge in [0.2, 0.25) is 5.88 Å². The molecule has 0 fully saturated rings. The van der Waals surface area contributed by atoms with Crippen LogP contribution in [0.2, 0.25) is 0 Å². The highest BCUT2D eigenvalue weighted by Gasteiger charge is 2.21. The fraction of sp³-hybridized carbons (Fsp3) is 0.250. The van der Waals surface area contributed by atoms with Crippen LogP contribution < -0.4 is 19.7 Å². The van der Waals surface area contributed by atoms with E-state index in [1.54, 1.807) is 31.6 Å². The van der Waals surface area contributed by atoms with E-state index in [1.807, 2.05) is 42.5 Å². The van der Waals surface area contributed by atoms with E-state index in [0.29, 0.717) is 30.3 Å². The maximum absolute atomic E-state index is 12.7. The van der Waals surface area contributed by atoms with Crippen LogP contribution in [0.25, 0.3) is 0 Å². The van der Waals surface area contributed by atoms with Crippen molar-refractivity contribution in [2.75, 3.05) is 31.4 Å². The van der Waals surface area contributed by atoms with Gasteiger partial charge in [0.25, 0.3) is 5.91 Å². The Morgan fingerprint density at radius 1 is 1.19 bits per heavy atom. The number of nitrogens with zero attached hydrogens (tertiary/aromatic N) is 2. The zero-order chi connectivity index (χ0) is 22.5. The van der Waals surface area contributed by atoms with Crippen molar-refractivity contribution in [1.29, 1.82) is 0 Å². The number of anilines is 2. The van der Waals surface area contributed by atoms with Crippen LogP contribution in [0.15, 0.2) is 65.6 Å². The van der Waals surface area contributed by atoms with E-state index in [2.05, 4.69) is 15.2 Å². The normalized spacial score (nSPS) is 14.0. The molecule has 0 saturated carbocycles. The molecule has 166 valence electrons. The van der Waals surface area contributed by atoms with Gasteiger partial charge in [-0.25, -0.2) is 0 Å². The first kappa shape index (κ1) is 21.8. The second-order valence-corrected chi connectivity index (χ2v) is 8.73. The molecule has 1 N–H and O–H groups in total. The van der Waals surface area contributed by atoms with Gasteiger partial charge in [-0.2, -0.15) is 4.98 Å². The average Bonchev–Trinajstić information content (AvgIpc) is 3.04. The zero-order valence-corrected chi connectivity index (χ0v) is 18.9. The molecule has 1 amide bonds. The van der Waals surface area contributed by atoms with Gasteiger partial charge in [-0.3, -0.25) is 9.00 Å². The number of carbonyl (C=O) groups is 1. The highest BCUT2D eigenvalue weighted by Crippen LogP contribution is 2.36. The summed E-state index contributed by atoms with van der Waals surface area (Å²) in [5.74, 6) is 1.78. The topological polar surface area (TPSA) is 80.8 Å². The Hall–Kier alpha value is -3.39. The Bertz CT molecular complexity index is 1130. The lowest BCUT2D eigenvalue weighted by atomic mass is 10.1. The number of hydrogen-bond donors (Lipinski definition) is 1. The number of pyridine rings is 1. The molecule has 0 saturated heterocycles. The van der Waals surface area contributed by atoms with Crippen molar-refractivity contribution in [3.63, 3.8) is 0 Å². The molecule has 2 aromatic carbocycles. The zero-order valence-electron chi connectivity index (χ0n) is 18.0. The second kappa shape index (κ2) is 9.82. The highest BCUT2D eigenvalue weighted by atomic mass is 32.2. The molecular formula is C24H25N3O4S. The molecule has 2 heterocycles. The number of carbonyl (C=O) groups excluding carboxylic acids is 1. The molecule has 1 aliphatic rings. The third-order valence-corrected chi connectivity index (χ3v) is 6.14. The van der Waals surface area contributed by atoms with Crippen molar-refractivity contribution in [2.24, 2.45) is 0 Å². The quantitative estimate of drug-likeness (QED) is 0.616. The van der Waals surface area contributed by atoms with Gasteiger partial charge in [0, 0.05) is 46.7 Å². The summed E-state index contributed by atoms with van der Waals surface area (Å²) in [6.45, 7) is 1.69. The van der Waals surface area contributed by atoms with Crippen molar-refractivity contribution in [3.8, 4) is 11.6 Å². The Morgan fingerprint density at radius 3 is 2.75 bits per heavy atom. The summed E-state index contributed by atoms with van der Waals surface area (Å²) in [7, 11) is 0.575. The summed E-state index contributed by atoms with van der Waals surface area (Å²) in [6.07, 6.45) is 2.47. The third-order valence-electron chi connectivity index (χ3n) is 5.20. The number of nitrogens with one attached hydrogen (secondary N) is 1. The molecule has 1 atom stereocenters. The third kappa shape index (κ3) is 4.91. The number of rotatable bonds is 6. The molecule has 0 radical (unpaired) electrons. The molecule has 7 nitrogen and oxygen atoms in total. The smallest absolute Gasteiger partial charge is 0.251 e. The highest BCUT2D eigenvalue weighted by molar-refractivity contribution is 7.84. The maximum Gasteiger partial charge on any atom is 0.251 e. The van der Waals surface area contributed by atoms with Crippen molar-refractivity contribution in [2.45, 2.75) is 17.9 Å². The summed E-state index contributed by atoms with van der Waals surface area (Å²) in [4.78, 5) is 20.1. The lowest BCUT2D eigenvalue weighted by Gasteiger charge is -2.23. The number of aromatic nitrogens is 1. The van der Waals surface area contributed by atoms with E-state index >= 15 is 0 Å². The van der Waals surface area contributed by atoms with Gasteiger partial charge in [0.05, 0.1) is 19.4 Å². The van der Waals surface area contributed by atoms with Gasteiger partial charge in [-0.1, -0.05) is 18.2 Å². The van der Waals surface area contributed by atoms with Gasteiger partial charge in [-0.05, 0) is 48.4 Å². The Morgan fingerprint density at radius 2 is 2.00 bits per heavy atom. The second-order valence-electron chi connectivity index (χ2n) is 7.36. The van der Waals surface area contributed by atoms with Crippen LogP contribution in [-0.4, -0.2) is 41.6 Å². The number of benzene rings is 2. The van der Waals surface area contributed by atoms with Crippen LogP contribution in [0.4, 0.5) is 11.5 Å². The van der Waals surface area contributed by atoms with Crippen molar-refractivity contribution in [1.82, 2.24) is 10.3 Å². The monoisotopic (exact) mass is 451 g/mol. The average molecular weight is 452 g/mol. The van der Waals surface area contributed by atoms with E-state index in [1.165, 1.54) is 0 Å². The van der Waals surface area contributed by atoms with Gasteiger partial charge >= 0.3 is 0 Å². The first-order valence-corrected chi connectivity index (χ1v) is 11.9. The maximum atomic E-state index is 12.7. The van der Waals surface area contributed by atoms with Crippen LogP contribution in [0, 0.1) is 0 Å². The molecular weight excluding hydrogens is 426 g/mol. The summed E-state index contributed by atoms with van der Waals surface area (Å²) in [6, 6.07) is 18.5. The summed E-state index contributed by atoms with van der Waals surface area (Å²) < 4.78 is 22.7. The van der Waals surface area contributed by atoms with Crippen LogP contribution >= 0.6 is 0 Å². The molecule has 1 aromatic heterocycles. The van der Waals surface area contributed by atoms with E-state index < -0.39 is 10.8 Å². The van der Waals surface area contributed by atoms with Crippen molar-refractivity contribution >= 4 is 28.2 Å². The SMILES string of the molecule is COc1cccc(N2CCCOc3cc(C(=O)NCc4ccc(S(C)=O)cc4)ccc32)n1. The molecule has 32 heavy (non-hydrogen) atoms. The largest absolute Gasteiger partial charge is 0.491 e. The predicted octanol–water partition coefficient (Wildman–Crippen LogP) is 3.68. The summed E-state index contributed by atoms with van der Waals surface area (Å²) in [5, 5.41) is 2.93. The fourth-order valence-electron chi connectivity index (χ4n) is 3.51. The fourth-order valence-corrected chi connectivity index (χ4v) is 4.03. The van der Waals surface area contributed by atoms with Crippen molar-refractivity contribution in [3.05, 3.63) is 71.8 Å². The first-order chi connectivity index (χ1) is 15.5. The van der Waals surface area contributed by atoms with Crippen LogP contribution in [-0.2, 0) is 17.3 Å². The van der Waals surface area contributed by atoms with Crippen LogP contribution in [0.1, 0.15) is 22.3 Å². The number of ether oxygens (including phenoxy) is 2. The van der Waals surface area contributed by atoms with Gasteiger partial charge in [0.15, 0.2) is 0 Å². The molecule has 0 spiro atoms. The first-order valence-electron chi connectivity index (χ1n) is 10.3. The number of hydrogen-bond acceptors (Lipinski definition) is 6. The van der Waals surface area contributed by atoms with Crippen molar-refractivity contribution < 1.29 is 18.5 Å². The molecule has 4 rings (SSSR count). The molecule has 0 bridgehead atoms. The lowest BCUT2D eigenvalue weighted by Crippen LogP contribution is -2.23. The van der Waals surface area contributed by atoms with E-state index in [9.17, 15) is 9.00 Å². The van der Waals surface area contributed by atoms with Crippen LogP contribution in [0.5, 0.6) is 11.6 Å². The van der Waals surface area contributed by atoms with Gasteiger partial charge in [0.1, 0.15) is 11.6 Å². The van der Waals surface area contributed by atoms with E-state index in [4.69, 9.17) is 9.47 Å². The Labute approximate surface area is 189 Å². The standard InChI is InChI=1S/C24H25N3O4S/c1-30-23-6-3-5-22(26-23)27-13-4-14-31-21-15-18(9-12-20(21)27)24(28)25-16-17-7-10-19(11-8-17)32(2)29/h3,5-12,15H,4,13-14,16H2,1-2H3,(H,25,28). The van der Waals surface area contributed by atoms with Gasteiger partial charge in [-0.15, -0.1) is 0 Å². The molecule has 1 unspecified atom stereocenters. The van der Waals surface area contributed by atoms with E-state index in [-0.39, 0.29) is 5.91 Å². The summed E-state index contributed by atoms with van der Waals surface area (Å²) in [5.41, 5.74) is 2.33. The molecule has 1 aliphatic heterocycles. The molecule has 8 heteroatoms. The van der Waals surface area contributed by atoms with Gasteiger partial charge < -0.3 is 19.7 Å². The summed E-state index contributed by atoms with van der Waals surface area (Å²) >= 11 is 0.